The molecule has 2 aliphatic rings. The second-order valence-electron chi connectivity index (χ2n) is 4.25. The molecule has 0 spiro atoms. The Hall–Kier alpha value is -0.280. The van der Waals surface area contributed by atoms with Crippen molar-refractivity contribution in [2.75, 3.05) is 26.3 Å². The molecule has 0 saturated carbocycles. The molecule has 2 rings (SSSR count). The summed E-state index contributed by atoms with van der Waals surface area (Å²) in [5.74, 6) is 1.28. The maximum Gasteiger partial charge on any atom is 0.240 e. The number of halogens is 1. The normalized spacial score (nSPS) is 34.0. The summed E-state index contributed by atoms with van der Waals surface area (Å²) in [6, 6.07) is 0. The summed E-state index contributed by atoms with van der Waals surface area (Å²) < 4.78 is 5.41. The van der Waals surface area contributed by atoms with Gasteiger partial charge < -0.3 is 9.64 Å². The Balaban J connectivity index is 1.94. The number of piperidine rings is 1. The van der Waals surface area contributed by atoms with Crippen LogP contribution in [0, 0.1) is 11.8 Å². The number of hydrogen-bond donors (Lipinski definition) is 0. The number of hydrogen-bond acceptors (Lipinski definition) is 2. The molecule has 2 fully saturated rings. The van der Waals surface area contributed by atoms with E-state index < -0.39 is 5.38 Å². The number of carbonyl (C=O) groups is 1. The molecule has 0 bridgehead atoms. The van der Waals surface area contributed by atoms with Crippen molar-refractivity contribution in [3.05, 3.63) is 0 Å². The van der Waals surface area contributed by atoms with E-state index in [0.717, 1.165) is 32.7 Å². The van der Waals surface area contributed by atoms with Gasteiger partial charge in [-0.2, -0.15) is 0 Å². The molecule has 0 aromatic carbocycles. The minimum atomic E-state index is -0.395. The Kier molecular flexibility index (Phi) is 2.98. The van der Waals surface area contributed by atoms with Crippen molar-refractivity contribution in [2.45, 2.75) is 18.7 Å². The van der Waals surface area contributed by atoms with E-state index in [9.17, 15) is 4.79 Å². The highest BCUT2D eigenvalue weighted by atomic mass is 35.5. The van der Waals surface area contributed by atoms with E-state index in [0.29, 0.717) is 11.8 Å². The number of amides is 1. The summed E-state index contributed by atoms with van der Waals surface area (Å²) in [6.45, 7) is 5.11. The number of alkyl halides is 1. The van der Waals surface area contributed by atoms with Gasteiger partial charge in [0.2, 0.25) is 5.91 Å². The van der Waals surface area contributed by atoms with Crippen LogP contribution >= 0.6 is 11.6 Å². The first-order valence-corrected chi connectivity index (χ1v) is 5.62. The van der Waals surface area contributed by atoms with Crippen LogP contribution in [0.15, 0.2) is 0 Å². The maximum atomic E-state index is 11.6. The summed E-state index contributed by atoms with van der Waals surface area (Å²) in [4.78, 5) is 13.5. The van der Waals surface area contributed by atoms with E-state index in [1.165, 1.54) is 0 Å². The minimum Gasteiger partial charge on any atom is -0.381 e. The lowest BCUT2D eigenvalue weighted by molar-refractivity contribution is -0.132. The summed E-state index contributed by atoms with van der Waals surface area (Å²) in [5.41, 5.74) is 0. The Bertz CT molecular complexity index is 232. The van der Waals surface area contributed by atoms with Crippen LogP contribution in [0.3, 0.4) is 0 Å². The fourth-order valence-corrected chi connectivity index (χ4v) is 2.45. The number of likely N-dealkylation sites (tertiary alicyclic amines) is 1. The largest absolute Gasteiger partial charge is 0.381 e. The molecule has 0 unspecified atom stereocenters. The summed E-state index contributed by atoms with van der Waals surface area (Å²) in [6.07, 6.45) is 1.07. The standard InChI is InChI=1S/C10H16ClNO2/c1-7(11)10(13)12-3-2-8-5-14-6-9(8)4-12/h7-9H,2-6H2,1H3/t7-,8+,9+/m0/s1. The second kappa shape index (κ2) is 4.07. The highest BCUT2D eigenvalue weighted by Gasteiger charge is 2.35. The number of fused-ring (bicyclic) bond motifs is 1. The van der Waals surface area contributed by atoms with Crippen LogP contribution in [-0.2, 0) is 9.53 Å². The van der Waals surface area contributed by atoms with Crippen LogP contribution in [0.2, 0.25) is 0 Å². The van der Waals surface area contributed by atoms with Gasteiger partial charge in [-0.25, -0.2) is 0 Å². The third-order valence-corrected chi connectivity index (χ3v) is 3.39. The van der Waals surface area contributed by atoms with Crippen LogP contribution in [0.1, 0.15) is 13.3 Å². The Labute approximate surface area is 89.4 Å². The van der Waals surface area contributed by atoms with E-state index in [1.54, 1.807) is 6.92 Å². The van der Waals surface area contributed by atoms with Gasteiger partial charge in [-0.15, -0.1) is 11.6 Å². The highest BCUT2D eigenvalue weighted by molar-refractivity contribution is 6.30. The lowest BCUT2D eigenvalue weighted by atomic mass is 9.88. The smallest absolute Gasteiger partial charge is 0.240 e. The zero-order valence-corrected chi connectivity index (χ0v) is 9.17. The average Bonchev–Trinajstić information content (AvgIpc) is 2.62. The molecule has 0 radical (unpaired) electrons. The van der Waals surface area contributed by atoms with Crippen LogP contribution in [0.25, 0.3) is 0 Å². The third-order valence-electron chi connectivity index (χ3n) is 3.21. The molecule has 2 aliphatic heterocycles. The Morgan fingerprint density at radius 1 is 1.50 bits per heavy atom. The predicted molar refractivity (Wildman–Crippen MR) is 54.3 cm³/mol. The van der Waals surface area contributed by atoms with Crippen molar-refractivity contribution in [2.24, 2.45) is 11.8 Å². The maximum absolute atomic E-state index is 11.6. The molecule has 1 amide bonds. The molecule has 3 nitrogen and oxygen atoms in total. The van der Waals surface area contributed by atoms with E-state index >= 15 is 0 Å². The van der Waals surface area contributed by atoms with Gasteiger partial charge in [-0.3, -0.25) is 4.79 Å². The van der Waals surface area contributed by atoms with E-state index in [-0.39, 0.29) is 5.91 Å². The molecular formula is C10H16ClNO2. The molecular weight excluding hydrogens is 202 g/mol. The molecule has 0 aromatic rings. The van der Waals surface area contributed by atoms with E-state index in [4.69, 9.17) is 16.3 Å². The summed E-state index contributed by atoms with van der Waals surface area (Å²) >= 11 is 5.78. The van der Waals surface area contributed by atoms with Gasteiger partial charge in [-0.1, -0.05) is 0 Å². The molecule has 3 atom stereocenters. The van der Waals surface area contributed by atoms with Gasteiger partial charge in [0, 0.05) is 25.6 Å². The van der Waals surface area contributed by atoms with Crippen LogP contribution < -0.4 is 0 Å². The highest BCUT2D eigenvalue weighted by Crippen LogP contribution is 2.29. The first kappa shape index (κ1) is 10.2. The van der Waals surface area contributed by atoms with Crippen molar-refractivity contribution in [1.29, 1.82) is 0 Å². The quantitative estimate of drug-likeness (QED) is 0.616. The lowest BCUT2D eigenvalue weighted by Crippen LogP contribution is -2.45. The molecule has 80 valence electrons. The van der Waals surface area contributed by atoms with Crippen molar-refractivity contribution >= 4 is 17.5 Å². The molecule has 2 saturated heterocycles. The Morgan fingerprint density at radius 2 is 2.21 bits per heavy atom. The fourth-order valence-electron chi connectivity index (χ4n) is 2.31. The van der Waals surface area contributed by atoms with Gasteiger partial charge in [0.05, 0.1) is 6.61 Å². The first-order chi connectivity index (χ1) is 6.68. The number of rotatable bonds is 1. The van der Waals surface area contributed by atoms with Crippen LogP contribution in [0.5, 0.6) is 0 Å². The van der Waals surface area contributed by atoms with Gasteiger partial charge >= 0.3 is 0 Å². The molecule has 0 N–H and O–H groups in total. The van der Waals surface area contributed by atoms with Crippen LogP contribution in [0.4, 0.5) is 0 Å². The van der Waals surface area contributed by atoms with E-state index in [2.05, 4.69) is 0 Å². The number of carbonyl (C=O) groups excluding carboxylic acids is 1. The zero-order chi connectivity index (χ0) is 10.1. The Morgan fingerprint density at radius 3 is 2.93 bits per heavy atom. The second-order valence-corrected chi connectivity index (χ2v) is 4.90. The van der Waals surface area contributed by atoms with Gasteiger partial charge in [0.15, 0.2) is 0 Å². The van der Waals surface area contributed by atoms with Gasteiger partial charge in [0.1, 0.15) is 5.38 Å². The SMILES string of the molecule is C[C@H](Cl)C(=O)N1CC[C@@H]2COC[C@H]2C1. The topological polar surface area (TPSA) is 29.5 Å². The lowest BCUT2D eigenvalue weighted by Gasteiger charge is -2.34. The number of ether oxygens (including phenoxy) is 1. The fraction of sp³-hybridized carbons (Fsp3) is 0.900. The van der Waals surface area contributed by atoms with Crippen molar-refractivity contribution in [1.82, 2.24) is 4.90 Å². The van der Waals surface area contributed by atoms with Gasteiger partial charge in [0.25, 0.3) is 0 Å². The zero-order valence-electron chi connectivity index (χ0n) is 8.41. The van der Waals surface area contributed by atoms with Crippen molar-refractivity contribution in [3.8, 4) is 0 Å². The van der Waals surface area contributed by atoms with Crippen molar-refractivity contribution in [3.63, 3.8) is 0 Å². The molecule has 4 heteroatoms. The van der Waals surface area contributed by atoms with Gasteiger partial charge in [-0.05, 0) is 19.3 Å². The van der Waals surface area contributed by atoms with Crippen molar-refractivity contribution < 1.29 is 9.53 Å². The molecule has 0 aromatic heterocycles. The van der Waals surface area contributed by atoms with Crippen LogP contribution in [-0.4, -0.2) is 42.5 Å². The molecule has 0 aliphatic carbocycles. The minimum absolute atomic E-state index is 0.0667. The summed E-state index contributed by atoms with van der Waals surface area (Å²) in [7, 11) is 0. The molecule has 14 heavy (non-hydrogen) atoms. The molecule has 2 heterocycles. The monoisotopic (exact) mass is 217 g/mol. The first-order valence-electron chi connectivity index (χ1n) is 5.19. The predicted octanol–water partition coefficient (Wildman–Crippen LogP) is 1.11. The van der Waals surface area contributed by atoms with E-state index in [1.807, 2.05) is 4.90 Å². The average molecular weight is 218 g/mol. The summed E-state index contributed by atoms with van der Waals surface area (Å²) in [5, 5.41) is -0.395. The third kappa shape index (κ3) is 1.89. The number of nitrogens with zero attached hydrogens (tertiary/aromatic N) is 1.